The van der Waals surface area contributed by atoms with Gasteiger partial charge in [-0.1, -0.05) is 6.92 Å². The van der Waals surface area contributed by atoms with Crippen molar-refractivity contribution >= 4 is 5.97 Å². The van der Waals surface area contributed by atoms with Crippen LogP contribution >= 0.6 is 0 Å². The van der Waals surface area contributed by atoms with Crippen LogP contribution in [0.1, 0.15) is 6.92 Å². The number of carbonyl (C=O) groups is 1. The van der Waals surface area contributed by atoms with E-state index >= 15 is 0 Å². The molecule has 0 aliphatic rings. The first-order valence-electron chi connectivity index (χ1n) is 2.20. The van der Waals surface area contributed by atoms with Crippen LogP contribution in [0.15, 0.2) is 0 Å². The fourth-order valence-electron chi connectivity index (χ4n) is 0.232. The van der Waals surface area contributed by atoms with Crippen LogP contribution in [-0.2, 0) is 4.79 Å². The lowest BCUT2D eigenvalue weighted by molar-refractivity contribution is -0.135. The van der Waals surface area contributed by atoms with Crippen molar-refractivity contribution in [2.75, 3.05) is 13.1 Å². The van der Waals surface area contributed by atoms with E-state index in [0.29, 0.717) is 6.54 Å². The molecular formula is C4H12N2O2. The number of carboxylic acid groups (broad SMARTS) is 1. The Morgan fingerprint density at radius 1 is 1.75 bits per heavy atom. The first-order chi connectivity index (χ1) is 3.27. The molecule has 0 heterocycles. The second kappa shape index (κ2) is 6.39. The molecule has 0 fully saturated rings. The van der Waals surface area contributed by atoms with Gasteiger partial charge in [-0.3, -0.25) is 4.79 Å². The van der Waals surface area contributed by atoms with Crippen molar-refractivity contribution in [3.63, 3.8) is 0 Å². The van der Waals surface area contributed by atoms with E-state index in [1.54, 1.807) is 0 Å². The fourth-order valence-corrected chi connectivity index (χ4v) is 0.232. The van der Waals surface area contributed by atoms with Gasteiger partial charge < -0.3 is 16.6 Å². The Morgan fingerprint density at radius 2 is 2.25 bits per heavy atom. The van der Waals surface area contributed by atoms with Crippen molar-refractivity contribution in [3.05, 3.63) is 0 Å². The van der Waals surface area contributed by atoms with Crippen molar-refractivity contribution < 1.29 is 9.90 Å². The minimum atomic E-state index is -0.804. The summed E-state index contributed by atoms with van der Waals surface area (Å²) in [5.41, 5.74) is 0. The summed E-state index contributed by atoms with van der Waals surface area (Å²) in [4.78, 5) is 9.70. The van der Waals surface area contributed by atoms with Crippen molar-refractivity contribution in [2.24, 2.45) is 0 Å². The topological polar surface area (TPSA) is 84.3 Å². The summed E-state index contributed by atoms with van der Waals surface area (Å²) < 4.78 is 0. The standard InChI is InChI=1S/C4H9NO2.H3N/c1-2-5-3-4(6)7;/h5H,2-3H2,1H3,(H,6,7);1H3. The number of rotatable bonds is 3. The minimum absolute atomic E-state index is 0. The lowest BCUT2D eigenvalue weighted by Crippen LogP contribution is -2.21. The van der Waals surface area contributed by atoms with Gasteiger partial charge in [-0.2, -0.15) is 0 Å². The summed E-state index contributed by atoms with van der Waals surface area (Å²) in [5, 5.41) is 10.6. The van der Waals surface area contributed by atoms with E-state index in [9.17, 15) is 4.79 Å². The Morgan fingerprint density at radius 3 is 2.38 bits per heavy atom. The van der Waals surface area contributed by atoms with Gasteiger partial charge in [-0.15, -0.1) is 0 Å². The molecule has 0 saturated heterocycles. The van der Waals surface area contributed by atoms with Gasteiger partial charge >= 0.3 is 5.97 Å². The zero-order valence-electron chi connectivity index (χ0n) is 4.98. The number of hydrogen-bond donors (Lipinski definition) is 3. The average Bonchev–Trinajstić information content (AvgIpc) is 1.61. The monoisotopic (exact) mass is 120 g/mol. The quantitative estimate of drug-likeness (QED) is 0.483. The highest BCUT2D eigenvalue weighted by atomic mass is 16.4. The number of hydrogen-bond acceptors (Lipinski definition) is 3. The second-order valence-corrected chi connectivity index (χ2v) is 1.17. The van der Waals surface area contributed by atoms with Crippen LogP contribution in [0.4, 0.5) is 0 Å². The molecule has 0 aliphatic heterocycles. The van der Waals surface area contributed by atoms with Gasteiger partial charge in [-0.05, 0) is 6.54 Å². The fraction of sp³-hybridized carbons (Fsp3) is 0.750. The molecule has 8 heavy (non-hydrogen) atoms. The maximum atomic E-state index is 9.70. The molecule has 0 aromatic rings. The maximum Gasteiger partial charge on any atom is 0.317 e. The lowest BCUT2D eigenvalue weighted by Gasteiger charge is -1.90. The summed E-state index contributed by atoms with van der Waals surface area (Å²) in [5.74, 6) is -0.804. The number of likely N-dealkylation sites (N-methyl/N-ethyl adjacent to an activating group) is 1. The Labute approximate surface area is 48.5 Å². The van der Waals surface area contributed by atoms with Crippen LogP contribution in [0.3, 0.4) is 0 Å². The van der Waals surface area contributed by atoms with Gasteiger partial charge in [0.05, 0.1) is 6.54 Å². The van der Waals surface area contributed by atoms with Crippen LogP contribution in [0, 0.1) is 0 Å². The maximum absolute atomic E-state index is 9.70. The van der Waals surface area contributed by atoms with Gasteiger partial charge in [0.1, 0.15) is 0 Å². The molecule has 0 aliphatic carbocycles. The molecule has 4 heteroatoms. The van der Waals surface area contributed by atoms with E-state index < -0.39 is 5.97 Å². The lowest BCUT2D eigenvalue weighted by atomic mass is 10.6. The van der Waals surface area contributed by atoms with Gasteiger partial charge in [-0.25, -0.2) is 0 Å². The molecule has 0 amide bonds. The Bertz CT molecular complexity index is 65.1. The van der Waals surface area contributed by atoms with Gasteiger partial charge in [0.25, 0.3) is 0 Å². The molecule has 0 bridgehead atoms. The predicted molar refractivity (Wildman–Crippen MR) is 31.2 cm³/mol. The van der Waals surface area contributed by atoms with E-state index in [1.165, 1.54) is 0 Å². The third kappa shape index (κ3) is 9.04. The largest absolute Gasteiger partial charge is 0.480 e. The molecule has 0 saturated carbocycles. The van der Waals surface area contributed by atoms with Crippen LogP contribution in [-0.4, -0.2) is 24.2 Å². The molecule has 0 radical (unpaired) electrons. The Kier molecular flexibility index (Phi) is 8.30. The van der Waals surface area contributed by atoms with E-state index in [4.69, 9.17) is 5.11 Å². The molecule has 0 aromatic carbocycles. The Hall–Kier alpha value is -0.610. The molecule has 0 atom stereocenters. The average molecular weight is 120 g/mol. The van der Waals surface area contributed by atoms with Crippen molar-refractivity contribution in [2.45, 2.75) is 6.92 Å². The van der Waals surface area contributed by atoms with E-state index in [0.717, 1.165) is 0 Å². The zero-order chi connectivity index (χ0) is 5.70. The summed E-state index contributed by atoms with van der Waals surface area (Å²) in [6.07, 6.45) is 0. The number of nitrogens with one attached hydrogen (secondary N) is 1. The predicted octanol–water partition coefficient (Wildman–Crippen LogP) is -0.158. The number of aliphatic carboxylic acids is 1. The van der Waals surface area contributed by atoms with Gasteiger partial charge in [0.15, 0.2) is 0 Å². The summed E-state index contributed by atoms with van der Waals surface area (Å²) in [6.45, 7) is 2.64. The first kappa shape index (κ1) is 10.4. The summed E-state index contributed by atoms with van der Waals surface area (Å²) >= 11 is 0. The molecule has 50 valence electrons. The van der Waals surface area contributed by atoms with Gasteiger partial charge in [0.2, 0.25) is 0 Å². The molecular weight excluding hydrogens is 108 g/mol. The molecule has 0 aromatic heterocycles. The molecule has 0 rings (SSSR count). The van der Waals surface area contributed by atoms with Crippen LogP contribution in [0.25, 0.3) is 0 Å². The molecule has 0 unspecified atom stereocenters. The van der Waals surface area contributed by atoms with Crippen molar-refractivity contribution in [1.82, 2.24) is 11.5 Å². The van der Waals surface area contributed by atoms with E-state index in [1.807, 2.05) is 6.92 Å². The van der Waals surface area contributed by atoms with Crippen molar-refractivity contribution in [1.29, 1.82) is 0 Å². The van der Waals surface area contributed by atoms with Crippen LogP contribution in [0.2, 0.25) is 0 Å². The minimum Gasteiger partial charge on any atom is -0.480 e. The Balaban J connectivity index is 0. The first-order valence-corrected chi connectivity index (χ1v) is 2.20. The summed E-state index contributed by atoms with van der Waals surface area (Å²) in [6, 6.07) is 0. The summed E-state index contributed by atoms with van der Waals surface area (Å²) in [7, 11) is 0. The SMILES string of the molecule is CCNCC(=O)O.N. The second-order valence-electron chi connectivity index (χ2n) is 1.17. The third-order valence-corrected chi connectivity index (χ3v) is 0.526. The number of carboxylic acids is 1. The highest BCUT2D eigenvalue weighted by molar-refractivity contribution is 5.68. The normalized spacial score (nSPS) is 7.62. The smallest absolute Gasteiger partial charge is 0.317 e. The van der Waals surface area contributed by atoms with Crippen LogP contribution < -0.4 is 11.5 Å². The molecule has 5 N–H and O–H groups in total. The highest BCUT2D eigenvalue weighted by Crippen LogP contribution is 1.56. The third-order valence-electron chi connectivity index (χ3n) is 0.526. The highest BCUT2D eigenvalue weighted by Gasteiger charge is 1.88. The molecule has 4 nitrogen and oxygen atoms in total. The van der Waals surface area contributed by atoms with E-state index in [2.05, 4.69) is 5.32 Å². The van der Waals surface area contributed by atoms with Crippen molar-refractivity contribution in [3.8, 4) is 0 Å². The van der Waals surface area contributed by atoms with E-state index in [-0.39, 0.29) is 12.7 Å². The van der Waals surface area contributed by atoms with Crippen LogP contribution in [0.5, 0.6) is 0 Å². The van der Waals surface area contributed by atoms with Gasteiger partial charge in [0, 0.05) is 0 Å². The molecule has 0 spiro atoms. The zero-order valence-corrected chi connectivity index (χ0v) is 4.98.